The smallest absolute Gasteiger partial charge is 0.254 e. The number of carbonyl (C=O) groups excluding carboxylic acids is 2. The predicted octanol–water partition coefficient (Wildman–Crippen LogP) is 3.23. The largest absolute Gasteiger partial charge is 0.455 e. The van der Waals surface area contributed by atoms with Crippen LogP contribution in [0.5, 0.6) is 0 Å². The summed E-state index contributed by atoms with van der Waals surface area (Å²) in [5.41, 5.74) is 0.733. The average Bonchev–Trinajstić information content (AvgIpc) is 3.40. The van der Waals surface area contributed by atoms with Crippen molar-refractivity contribution < 1.29 is 18.4 Å². The fraction of sp³-hybridized carbons (Fsp3) is 0.250. The van der Waals surface area contributed by atoms with Crippen molar-refractivity contribution >= 4 is 18.0 Å². The van der Waals surface area contributed by atoms with Gasteiger partial charge in [-0.15, -0.1) is 0 Å². The molecule has 5 nitrogen and oxygen atoms in total. The predicted molar refractivity (Wildman–Crippen MR) is 91.3 cm³/mol. The molecule has 6 heteroatoms. The minimum absolute atomic E-state index is 0.162. The van der Waals surface area contributed by atoms with E-state index in [1.807, 2.05) is 12.2 Å². The van der Waals surface area contributed by atoms with Gasteiger partial charge in [-0.3, -0.25) is 9.59 Å². The zero-order valence-electron chi connectivity index (χ0n) is 13.7. The van der Waals surface area contributed by atoms with E-state index in [4.69, 9.17) is 4.42 Å². The number of allylic oxidation sites excluding steroid dienone is 2. The lowest BCUT2D eigenvalue weighted by molar-refractivity contribution is -0.140. The fourth-order valence-corrected chi connectivity index (χ4v) is 4.31. The minimum Gasteiger partial charge on any atom is -0.455 e. The summed E-state index contributed by atoms with van der Waals surface area (Å²) in [5, 5.41) is 5.07. The summed E-state index contributed by atoms with van der Waals surface area (Å²) in [4.78, 5) is 25.1. The number of carbonyl (C=O) groups is 2. The number of fused-ring (bicyclic) bond motifs is 5. The third-order valence-corrected chi connectivity index (χ3v) is 5.50. The molecule has 2 bridgehead atoms. The maximum atomic E-state index is 13.0. The van der Waals surface area contributed by atoms with Gasteiger partial charge in [0.1, 0.15) is 17.3 Å². The fourth-order valence-electron chi connectivity index (χ4n) is 4.31. The van der Waals surface area contributed by atoms with Crippen LogP contribution in [0.25, 0.3) is 11.3 Å². The Morgan fingerprint density at radius 3 is 2.31 bits per heavy atom. The summed E-state index contributed by atoms with van der Waals surface area (Å²) in [6.07, 6.45) is 6.36. The number of amides is 2. The van der Waals surface area contributed by atoms with Gasteiger partial charge in [0.05, 0.1) is 18.1 Å². The van der Waals surface area contributed by atoms with Crippen LogP contribution in [-0.4, -0.2) is 23.0 Å². The zero-order valence-corrected chi connectivity index (χ0v) is 13.7. The number of benzene rings is 1. The first kappa shape index (κ1) is 15.3. The lowest BCUT2D eigenvalue weighted by Crippen LogP contribution is -2.28. The van der Waals surface area contributed by atoms with E-state index in [9.17, 15) is 14.0 Å². The molecular formula is C20H15FN2O3. The molecule has 0 spiro atoms. The van der Waals surface area contributed by atoms with E-state index in [2.05, 4.69) is 5.10 Å². The number of halogens is 1. The summed E-state index contributed by atoms with van der Waals surface area (Å²) >= 11 is 0. The number of nitrogens with zero attached hydrogens (tertiary/aromatic N) is 2. The first-order chi connectivity index (χ1) is 12.6. The molecule has 0 radical (unpaired) electrons. The normalized spacial score (nSPS) is 29.3. The van der Waals surface area contributed by atoms with Gasteiger partial charge < -0.3 is 4.42 Å². The summed E-state index contributed by atoms with van der Waals surface area (Å²) in [5.74, 6) is 0.0134. The van der Waals surface area contributed by atoms with E-state index in [-0.39, 0.29) is 41.3 Å². The molecule has 1 aromatic carbocycles. The van der Waals surface area contributed by atoms with Gasteiger partial charge in [0, 0.05) is 5.56 Å². The first-order valence-corrected chi connectivity index (χ1v) is 8.58. The molecule has 130 valence electrons. The molecule has 1 aliphatic heterocycles. The van der Waals surface area contributed by atoms with Crippen molar-refractivity contribution in [1.29, 1.82) is 0 Å². The molecule has 2 amide bonds. The van der Waals surface area contributed by atoms with Crippen molar-refractivity contribution in [3.8, 4) is 11.3 Å². The highest BCUT2D eigenvalue weighted by Crippen LogP contribution is 2.52. The summed E-state index contributed by atoms with van der Waals surface area (Å²) in [7, 11) is 0. The van der Waals surface area contributed by atoms with Crippen molar-refractivity contribution in [3.63, 3.8) is 0 Å². The lowest BCUT2D eigenvalue weighted by atomic mass is 9.85. The van der Waals surface area contributed by atoms with Gasteiger partial charge in [-0.2, -0.15) is 10.1 Å². The van der Waals surface area contributed by atoms with Crippen LogP contribution in [0.2, 0.25) is 0 Å². The Bertz CT molecular complexity index is 930. The molecule has 2 fully saturated rings. The molecule has 1 saturated carbocycles. The van der Waals surface area contributed by atoms with Crippen molar-refractivity contribution in [1.82, 2.24) is 5.01 Å². The molecule has 1 aromatic heterocycles. The Morgan fingerprint density at radius 1 is 1.00 bits per heavy atom. The number of furan rings is 1. The topological polar surface area (TPSA) is 62.9 Å². The van der Waals surface area contributed by atoms with Crippen molar-refractivity contribution in [3.05, 3.63) is 60.1 Å². The van der Waals surface area contributed by atoms with Gasteiger partial charge in [-0.1, -0.05) is 12.2 Å². The molecule has 0 unspecified atom stereocenters. The Kier molecular flexibility index (Phi) is 3.22. The second kappa shape index (κ2) is 5.49. The number of rotatable bonds is 3. The van der Waals surface area contributed by atoms with Gasteiger partial charge in [-0.05, 0) is 54.7 Å². The highest BCUT2D eigenvalue weighted by Gasteiger charge is 2.59. The van der Waals surface area contributed by atoms with Crippen LogP contribution >= 0.6 is 0 Å². The highest BCUT2D eigenvalue weighted by molar-refractivity contribution is 6.06. The Balaban J connectivity index is 1.36. The Hall–Kier alpha value is -3.02. The summed E-state index contributed by atoms with van der Waals surface area (Å²) < 4.78 is 18.7. The van der Waals surface area contributed by atoms with Crippen LogP contribution < -0.4 is 0 Å². The second-order valence-electron chi connectivity index (χ2n) is 6.94. The van der Waals surface area contributed by atoms with Gasteiger partial charge in [0.2, 0.25) is 0 Å². The lowest BCUT2D eigenvalue weighted by Gasteiger charge is -2.13. The Labute approximate surface area is 148 Å². The quantitative estimate of drug-likeness (QED) is 0.485. The highest BCUT2D eigenvalue weighted by atomic mass is 19.1. The number of hydrogen-bond acceptors (Lipinski definition) is 4. The zero-order chi connectivity index (χ0) is 17.8. The molecule has 2 aliphatic carbocycles. The van der Waals surface area contributed by atoms with Gasteiger partial charge >= 0.3 is 0 Å². The van der Waals surface area contributed by atoms with Gasteiger partial charge in [0.25, 0.3) is 11.8 Å². The van der Waals surface area contributed by atoms with Crippen LogP contribution in [0.1, 0.15) is 12.2 Å². The maximum absolute atomic E-state index is 13.0. The van der Waals surface area contributed by atoms with Gasteiger partial charge in [0.15, 0.2) is 0 Å². The first-order valence-electron chi connectivity index (χ1n) is 8.58. The van der Waals surface area contributed by atoms with Gasteiger partial charge in [-0.25, -0.2) is 4.39 Å². The molecule has 2 aromatic rings. The molecule has 2 heterocycles. The molecular weight excluding hydrogens is 335 g/mol. The summed E-state index contributed by atoms with van der Waals surface area (Å²) in [6, 6.07) is 9.38. The molecule has 5 rings (SSSR count). The third-order valence-electron chi connectivity index (χ3n) is 5.50. The number of hydrazone groups is 1. The average molecular weight is 350 g/mol. The second-order valence-corrected chi connectivity index (χ2v) is 6.94. The van der Waals surface area contributed by atoms with E-state index in [0.29, 0.717) is 11.5 Å². The standard InChI is InChI=1S/C20H15FN2O3/c21-14-5-3-11(4-6-14)16-8-7-15(26-16)10-22-23-19(24)17-12-1-2-13(9-12)18(17)20(23)25/h1-8,10,12-13,17-18H,9H2/b22-10-/t12-,13+,17+,18-. The van der Waals surface area contributed by atoms with Crippen LogP contribution in [0.15, 0.2) is 58.1 Å². The van der Waals surface area contributed by atoms with E-state index in [0.717, 1.165) is 17.0 Å². The summed E-state index contributed by atoms with van der Waals surface area (Å²) in [6.45, 7) is 0. The van der Waals surface area contributed by atoms with E-state index < -0.39 is 0 Å². The van der Waals surface area contributed by atoms with Crippen LogP contribution in [0.3, 0.4) is 0 Å². The monoisotopic (exact) mass is 350 g/mol. The van der Waals surface area contributed by atoms with E-state index in [1.54, 1.807) is 24.3 Å². The molecule has 26 heavy (non-hydrogen) atoms. The SMILES string of the molecule is O=C1[C@@H]2[C@H](C(=O)N1/N=C\c1ccc(-c3ccc(F)cc3)o1)[C@H]1C=C[C@@H]2C1. The van der Waals surface area contributed by atoms with Crippen LogP contribution in [-0.2, 0) is 9.59 Å². The van der Waals surface area contributed by atoms with E-state index in [1.165, 1.54) is 18.3 Å². The van der Waals surface area contributed by atoms with Crippen LogP contribution in [0.4, 0.5) is 4.39 Å². The van der Waals surface area contributed by atoms with Crippen molar-refractivity contribution in [2.45, 2.75) is 6.42 Å². The number of hydrogen-bond donors (Lipinski definition) is 0. The number of imide groups is 1. The van der Waals surface area contributed by atoms with Crippen molar-refractivity contribution in [2.75, 3.05) is 0 Å². The molecule has 1 saturated heterocycles. The molecule has 0 N–H and O–H groups in total. The van der Waals surface area contributed by atoms with E-state index >= 15 is 0 Å². The minimum atomic E-state index is -0.317. The van der Waals surface area contributed by atoms with Crippen molar-refractivity contribution in [2.24, 2.45) is 28.8 Å². The third kappa shape index (κ3) is 2.18. The molecule has 4 atom stereocenters. The molecule has 3 aliphatic rings. The van der Waals surface area contributed by atoms with Crippen LogP contribution in [0, 0.1) is 29.5 Å². The Morgan fingerprint density at radius 2 is 1.65 bits per heavy atom. The maximum Gasteiger partial charge on any atom is 0.254 e.